The van der Waals surface area contributed by atoms with Gasteiger partial charge >= 0.3 is 0 Å². The predicted octanol–water partition coefficient (Wildman–Crippen LogP) is 2.13. The molecular weight excluding hydrogens is 230 g/mol. The highest BCUT2D eigenvalue weighted by molar-refractivity contribution is 9.09. The van der Waals surface area contributed by atoms with Gasteiger partial charge in [0.1, 0.15) is 0 Å². The number of nitrogens with zero attached hydrogens (tertiary/aromatic N) is 1. The van der Waals surface area contributed by atoms with Crippen molar-refractivity contribution in [1.29, 1.82) is 0 Å². The van der Waals surface area contributed by atoms with Gasteiger partial charge < -0.3 is 9.64 Å². The molecule has 0 aromatic heterocycles. The SMILES string of the molecule is CC(CBr)CN(C)CC1CCCO1. The van der Waals surface area contributed by atoms with E-state index in [1.165, 1.54) is 12.8 Å². The van der Waals surface area contributed by atoms with Gasteiger partial charge in [0.15, 0.2) is 0 Å². The van der Waals surface area contributed by atoms with Gasteiger partial charge in [0.2, 0.25) is 0 Å². The lowest BCUT2D eigenvalue weighted by atomic mass is 10.2. The number of hydrogen-bond donors (Lipinski definition) is 0. The second kappa shape index (κ2) is 5.99. The van der Waals surface area contributed by atoms with Crippen molar-refractivity contribution in [3.63, 3.8) is 0 Å². The number of rotatable bonds is 5. The number of likely N-dealkylation sites (N-methyl/N-ethyl adjacent to an activating group) is 1. The molecule has 0 aliphatic carbocycles. The molecule has 3 heteroatoms. The summed E-state index contributed by atoms with van der Waals surface area (Å²) in [5, 5.41) is 1.09. The molecule has 2 atom stereocenters. The maximum atomic E-state index is 5.59. The smallest absolute Gasteiger partial charge is 0.0702 e. The highest BCUT2D eigenvalue weighted by Gasteiger charge is 2.17. The Morgan fingerprint density at radius 1 is 1.62 bits per heavy atom. The van der Waals surface area contributed by atoms with Crippen molar-refractivity contribution in [2.45, 2.75) is 25.9 Å². The number of alkyl halides is 1. The summed E-state index contributed by atoms with van der Waals surface area (Å²) < 4.78 is 5.59. The van der Waals surface area contributed by atoms with Crippen molar-refractivity contribution >= 4 is 15.9 Å². The zero-order valence-electron chi connectivity index (χ0n) is 8.63. The summed E-state index contributed by atoms with van der Waals surface area (Å²) in [5.74, 6) is 0.728. The van der Waals surface area contributed by atoms with Gasteiger partial charge in [-0.2, -0.15) is 0 Å². The third-order valence-electron chi connectivity index (χ3n) is 2.43. The maximum absolute atomic E-state index is 5.59. The van der Waals surface area contributed by atoms with Crippen LogP contribution < -0.4 is 0 Å². The fourth-order valence-electron chi connectivity index (χ4n) is 1.79. The second-order valence-corrected chi connectivity index (χ2v) is 4.76. The van der Waals surface area contributed by atoms with Crippen molar-refractivity contribution in [1.82, 2.24) is 4.90 Å². The van der Waals surface area contributed by atoms with Crippen molar-refractivity contribution < 1.29 is 4.74 Å². The van der Waals surface area contributed by atoms with Gasteiger partial charge in [-0.1, -0.05) is 22.9 Å². The summed E-state index contributed by atoms with van der Waals surface area (Å²) in [6.45, 7) is 5.48. The highest BCUT2D eigenvalue weighted by Crippen LogP contribution is 2.13. The van der Waals surface area contributed by atoms with Gasteiger partial charge in [0.05, 0.1) is 6.10 Å². The van der Waals surface area contributed by atoms with Crippen LogP contribution in [0.5, 0.6) is 0 Å². The molecule has 0 aromatic carbocycles. The summed E-state index contributed by atoms with van der Waals surface area (Å²) in [7, 11) is 2.18. The zero-order chi connectivity index (χ0) is 9.68. The highest BCUT2D eigenvalue weighted by atomic mass is 79.9. The van der Waals surface area contributed by atoms with Crippen molar-refractivity contribution in [3.05, 3.63) is 0 Å². The van der Waals surface area contributed by atoms with Crippen LogP contribution in [0.1, 0.15) is 19.8 Å². The lowest BCUT2D eigenvalue weighted by molar-refractivity contribution is 0.0783. The fraction of sp³-hybridized carbons (Fsp3) is 1.00. The van der Waals surface area contributed by atoms with Crippen LogP contribution in [-0.4, -0.2) is 43.1 Å². The summed E-state index contributed by atoms with van der Waals surface area (Å²) in [6.07, 6.45) is 2.98. The van der Waals surface area contributed by atoms with E-state index < -0.39 is 0 Å². The first-order chi connectivity index (χ1) is 6.22. The van der Waals surface area contributed by atoms with Crippen LogP contribution in [0.25, 0.3) is 0 Å². The van der Waals surface area contributed by atoms with E-state index in [0.29, 0.717) is 6.10 Å². The van der Waals surface area contributed by atoms with E-state index in [2.05, 4.69) is 34.8 Å². The Kier molecular flexibility index (Phi) is 5.29. The van der Waals surface area contributed by atoms with E-state index in [4.69, 9.17) is 4.74 Å². The summed E-state index contributed by atoms with van der Waals surface area (Å²) in [6, 6.07) is 0. The molecule has 2 unspecified atom stereocenters. The summed E-state index contributed by atoms with van der Waals surface area (Å²) >= 11 is 3.50. The molecule has 1 heterocycles. The van der Waals surface area contributed by atoms with E-state index in [1.54, 1.807) is 0 Å². The third kappa shape index (κ3) is 4.43. The van der Waals surface area contributed by atoms with Crippen LogP contribution in [0.4, 0.5) is 0 Å². The van der Waals surface area contributed by atoms with E-state index in [9.17, 15) is 0 Å². The van der Waals surface area contributed by atoms with Gasteiger partial charge in [0, 0.05) is 25.0 Å². The Morgan fingerprint density at radius 3 is 2.92 bits per heavy atom. The molecule has 0 spiro atoms. The molecule has 1 fully saturated rings. The Hall–Kier alpha value is 0.400. The normalized spacial score (nSPS) is 25.4. The van der Waals surface area contributed by atoms with Crippen molar-refractivity contribution in [2.24, 2.45) is 5.92 Å². The lowest BCUT2D eigenvalue weighted by Crippen LogP contribution is -2.32. The molecule has 78 valence electrons. The Morgan fingerprint density at radius 2 is 2.38 bits per heavy atom. The monoisotopic (exact) mass is 249 g/mol. The van der Waals surface area contributed by atoms with Crippen LogP contribution in [0.15, 0.2) is 0 Å². The quantitative estimate of drug-likeness (QED) is 0.693. The van der Waals surface area contributed by atoms with Gasteiger partial charge in [-0.25, -0.2) is 0 Å². The zero-order valence-corrected chi connectivity index (χ0v) is 10.2. The van der Waals surface area contributed by atoms with E-state index in [0.717, 1.165) is 30.9 Å². The minimum atomic E-state index is 0.493. The number of halogens is 1. The van der Waals surface area contributed by atoms with Crippen molar-refractivity contribution in [3.8, 4) is 0 Å². The standard InChI is InChI=1S/C10H20BrNO/c1-9(6-11)7-12(2)8-10-4-3-5-13-10/h9-10H,3-8H2,1-2H3. The average Bonchev–Trinajstić information content (AvgIpc) is 2.56. The van der Waals surface area contributed by atoms with Crippen LogP contribution in [0, 0.1) is 5.92 Å². The number of ether oxygens (including phenoxy) is 1. The molecule has 0 N–H and O–H groups in total. The first-order valence-corrected chi connectivity index (χ1v) is 6.20. The minimum absolute atomic E-state index is 0.493. The first-order valence-electron chi connectivity index (χ1n) is 5.08. The molecule has 1 rings (SSSR count). The van der Waals surface area contributed by atoms with E-state index >= 15 is 0 Å². The fourth-order valence-corrected chi connectivity index (χ4v) is 2.00. The predicted molar refractivity (Wildman–Crippen MR) is 59.4 cm³/mol. The summed E-state index contributed by atoms with van der Waals surface area (Å²) in [5.41, 5.74) is 0. The Bertz CT molecular complexity index is 137. The van der Waals surface area contributed by atoms with Gasteiger partial charge in [-0.3, -0.25) is 0 Å². The second-order valence-electron chi connectivity index (χ2n) is 4.12. The molecule has 1 aliphatic heterocycles. The first kappa shape index (κ1) is 11.5. The topological polar surface area (TPSA) is 12.5 Å². The minimum Gasteiger partial charge on any atom is -0.377 e. The van der Waals surface area contributed by atoms with Crippen LogP contribution >= 0.6 is 15.9 Å². The molecule has 0 aromatic rings. The van der Waals surface area contributed by atoms with Crippen LogP contribution in [0.2, 0.25) is 0 Å². The molecule has 0 saturated carbocycles. The third-order valence-corrected chi connectivity index (χ3v) is 3.53. The number of hydrogen-bond acceptors (Lipinski definition) is 2. The van der Waals surface area contributed by atoms with Crippen LogP contribution in [0.3, 0.4) is 0 Å². The Labute approximate surface area is 89.8 Å². The van der Waals surface area contributed by atoms with Gasteiger partial charge in [-0.05, 0) is 25.8 Å². The molecule has 0 bridgehead atoms. The maximum Gasteiger partial charge on any atom is 0.0702 e. The molecular formula is C10H20BrNO. The van der Waals surface area contributed by atoms with Crippen molar-refractivity contribution in [2.75, 3.05) is 32.1 Å². The van der Waals surface area contributed by atoms with Gasteiger partial charge in [0.25, 0.3) is 0 Å². The van der Waals surface area contributed by atoms with Gasteiger partial charge in [-0.15, -0.1) is 0 Å². The molecule has 1 aliphatic rings. The largest absolute Gasteiger partial charge is 0.377 e. The van der Waals surface area contributed by atoms with E-state index in [-0.39, 0.29) is 0 Å². The average molecular weight is 250 g/mol. The molecule has 0 amide bonds. The molecule has 2 nitrogen and oxygen atoms in total. The molecule has 1 saturated heterocycles. The Balaban J connectivity index is 2.12. The molecule has 13 heavy (non-hydrogen) atoms. The van der Waals surface area contributed by atoms with E-state index in [1.807, 2.05) is 0 Å². The lowest BCUT2D eigenvalue weighted by Gasteiger charge is -2.22. The summed E-state index contributed by atoms with van der Waals surface area (Å²) in [4.78, 5) is 2.38. The van der Waals surface area contributed by atoms with Crippen LogP contribution in [-0.2, 0) is 4.74 Å². The molecule has 0 radical (unpaired) electrons.